The molecule has 1 aromatic carbocycles. The van der Waals surface area contributed by atoms with E-state index in [1.54, 1.807) is 6.92 Å². The van der Waals surface area contributed by atoms with Gasteiger partial charge < -0.3 is 15.0 Å². The van der Waals surface area contributed by atoms with Gasteiger partial charge in [0.1, 0.15) is 0 Å². The fourth-order valence-electron chi connectivity index (χ4n) is 3.64. The van der Waals surface area contributed by atoms with Crippen molar-refractivity contribution >= 4 is 45.6 Å². The van der Waals surface area contributed by atoms with Gasteiger partial charge in [0.2, 0.25) is 5.91 Å². The van der Waals surface area contributed by atoms with E-state index in [1.165, 1.54) is 0 Å². The van der Waals surface area contributed by atoms with E-state index < -0.39 is 15.6 Å². The highest BCUT2D eigenvalue weighted by Gasteiger charge is 2.34. The number of amides is 1. The molecule has 1 aliphatic heterocycles. The van der Waals surface area contributed by atoms with Crippen molar-refractivity contribution in [2.75, 3.05) is 34.7 Å². The number of carbonyl (C=O) groups excluding carboxylic acids is 1. The zero-order valence-corrected chi connectivity index (χ0v) is 20.5. The molecule has 0 aliphatic carbocycles. The van der Waals surface area contributed by atoms with E-state index in [0.29, 0.717) is 36.7 Å². The molecule has 4 N–H and O–H groups in total. The summed E-state index contributed by atoms with van der Waals surface area (Å²) >= 11 is 0. The number of benzene rings is 1. The van der Waals surface area contributed by atoms with Crippen LogP contribution in [0, 0.1) is 19.3 Å². The molecule has 1 amide bonds. The third-order valence-electron chi connectivity index (χ3n) is 5.26. The molecule has 1 heterocycles. The average molecular weight is 463 g/mol. The van der Waals surface area contributed by atoms with E-state index >= 15 is 0 Å². The lowest BCUT2D eigenvalue weighted by atomic mass is 9.93. The molecule has 0 spiro atoms. The Morgan fingerprint density at radius 3 is 2.33 bits per heavy atom. The molecule has 1 aromatic rings. The number of hydrogen-bond acceptors (Lipinski definition) is 5. The topological polar surface area (TPSA) is 114 Å². The Labute approximate surface area is 186 Å². The summed E-state index contributed by atoms with van der Waals surface area (Å²) in [4.78, 5) is 15.0. The lowest BCUT2D eigenvalue weighted by Gasteiger charge is -2.30. The maximum atomic E-state index is 12.8. The molecule has 0 saturated heterocycles. The van der Waals surface area contributed by atoms with Crippen molar-refractivity contribution in [1.82, 2.24) is 0 Å². The van der Waals surface area contributed by atoms with E-state index in [1.807, 2.05) is 34.6 Å². The normalized spacial score (nSPS) is 16.1. The van der Waals surface area contributed by atoms with Crippen molar-refractivity contribution in [2.24, 2.45) is 10.6 Å². The first-order valence-electron chi connectivity index (χ1n) is 9.90. The van der Waals surface area contributed by atoms with E-state index in [2.05, 4.69) is 21.9 Å². The maximum Gasteiger partial charge on any atom is 0.296 e. The van der Waals surface area contributed by atoms with Crippen LogP contribution in [-0.2, 0) is 26.2 Å². The van der Waals surface area contributed by atoms with Crippen LogP contribution in [-0.4, -0.2) is 40.1 Å². The SMILES string of the molecule is CCOCCN1c2c(c(C)c(NS(N)(=O)=O)c(C)c2NC(=O)C(C)(C)C)CC1C.Cl. The van der Waals surface area contributed by atoms with Crippen LogP contribution in [0.2, 0.25) is 0 Å². The standard InChI is InChI=1S/C20H34N4O4S.ClH/c1-8-28-10-9-24-12(2)11-15-13(3)16(23-29(21,26)27)14(4)17(18(15)24)22-19(25)20(5,6)7;/h12,23H,8-11H2,1-7H3,(H,22,25)(H2,21,26,27);1H. The second-order valence-electron chi connectivity index (χ2n) is 8.62. The van der Waals surface area contributed by atoms with Gasteiger partial charge in [0.15, 0.2) is 0 Å². The van der Waals surface area contributed by atoms with Crippen LogP contribution < -0.4 is 20.1 Å². The molecule has 1 unspecified atom stereocenters. The molecular weight excluding hydrogens is 428 g/mol. The highest BCUT2D eigenvalue weighted by atomic mass is 35.5. The first kappa shape index (κ1) is 26.5. The predicted octanol–water partition coefficient (Wildman–Crippen LogP) is 3.11. The molecule has 172 valence electrons. The summed E-state index contributed by atoms with van der Waals surface area (Å²) in [6, 6.07) is 0.193. The van der Waals surface area contributed by atoms with E-state index in [-0.39, 0.29) is 24.4 Å². The highest BCUT2D eigenvalue weighted by molar-refractivity contribution is 7.90. The van der Waals surface area contributed by atoms with E-state index in [0.717, 1.165) is 23.2 Å². The van der Waals surface area contributed by atoms with Crippen LogP contribution >= 0.6 is 12.4 Å². The smallest absolute Gasteiger partial charge is 0.296 e. The molecule has 0 aromatic heterocycles. The van der Waals surface area contributed by atoms with Crippen LogP contribution in [0.5, 0.6) is 0 Å². The molecule has 1 atom stereocenters. The summed E-state index contributed by atoms with van der Waals surface area (Å²) in [6.07, 6.45) is 0.741. The van der Waals surface area contributed by atoms with Gasteiger partial charge in [-0.1, -0.05) is 20.8 Å². The van der Waals surface area contributed by atoms with Crippen LogP contribution in [0.25, 0.3) is 0 Å². The molecule has 0 fully saturated rings. The number of carbonyl (C=O) groups is 1. The second-order valence-corrected chi connectivity index (χ2v) is 9.92. The van der Waals surface area contributed by atoms with Crippen LogP contribution in [0.3, 0.4) is 0 Å². The number of halogens is 1. The third-order valence-corrected chi connectivity index (χ3v) is 5.75. The van der Waals surface area contributed by atoms with Gasteiger partial charge in [0.25, 0.3) is 10.2 Å². The van der Waals surface area contributed by atoms with Gasteiger partial charge in [-0.25, -0.2) is 5.14 Å². The number of fused-ring (bicyclic) bond motifs is 1. The Morgan fingerprint density at radius 2 is 1.83 bits per heavy atom. The molecule has 30 heavy (non-hydrogen) atoms. The van der Waals surface area contributed by atoms with Crippen LogP contribution in [0.1, 0.15) is 51.3 Å². The number of hydrogen-bond donors (Lipinski definition) is 3. The van der Waals surface area contributed by atoms with E-state index in [4.69, 9.17) is 9.88 Å². The van der Waals surface area contributed by atoms with Gasteiger partial charge in [-0.2, -0.15) is 8.42 Å². The van der Waals surface area contributed by atoms with Gasteiger partial charge in [-0.15, -0.1) is 12.4 Å². The molecule has 0 bridgehead atoms. The van der Waals surface area contributed by atoms with Crippen molar-refractivity contribution in [3.05, 3.63) is 16.7 Å². The molecular formula is C20H35ClN4O4S. The Hall–Kier alpha value is -1.55. The first-order chi connectivity index (χ1) is 13.3. The first-order valence-corrected chi connectivity index (χ1v) is 11.4. The largest absolute Gasteiger partial charge is 0.380 e. The summed E-state index contributed by atoms with van der Waals surface area (Å²) in [7, 11) is -3.95. The van der Waals surface area contributed by atoms with Crippen LogP contribution in [0.15, 0.2) is 0 Å². The average Bonchev–Trinajstić information content (AvgIpc) is 2.90. The number of nitrogens with one attached hydrogen (secondary N) is 2. The Morgan fingerprint density at radius 1 is 1.23 bits per heavy atom. The molecule has 10 heteroatoms. The van der Waals surface area contributed by atoms with Gasteiger partial charge >= 0.3 is 0 Å². The van der Waals surface area contributed by atoms with Gasteiger partial charge in [-0.3, -0.25) is 9.52 Å². The minimum absolute atomic E-state index is 0. The number of nitrogens with zero attached hydrogens (tertiary/aromatic N) is 1. The minimum Gasteiger partial charge on any atom is -0.380 e. The summed E-state index contributed by atoms with van der Waals surface area (Å²) in [5, 5.41) is 8.30. The molecule has 1 aliphatic rings. The Balaban J connectivity index is 0.00000450. The van der Waals surface area contributed by atoms with Crippen molar-refractivity contribution < 1.29 is 17.9 Å². The summed E-state index contributed by atoms with van der Waals surface area (Å²) in [5.74, 6) is -0.141. The lowest BCUT2D eigenvalue weighted by molar-refractivity contribution is -0.123. The summed E-state index contributed by atoms with van der Waals surface area (Å²) in [6.45, 7) is 15.2. The molecule has 2 rings (SSSR count). The van der Waals surface area contributed by atoms with Crippen molar-refractivity contribution in [3.63, 3.8) is 0 Å². The monoisotopic (exact) mass is 462 g/mol. The number of nitrogens with two attached hydrogens (primary N) is 1. The van der Waals surface area contributed by atoms with E-state index in [9.17, 15) is 13.2 Å². The number of rotatable bonds is 7. The summed E-state index contributed by atoms with van der Waals surface area (Å²) < 4.78 is 31.5. The van der Waals surface area contributed by atoms with Gasteiger partial charge in [0, 0.05) is 24.6 Å². The van der Waals surface area contributed by atoms with Crippen molar-refractivity contribution in [2.45, 2.75) is 60.9 Å². The number of anilines is 3. The molecule has 0 saturated carbocycles. The second kappa shape index (κ2) is 9.72. The Kier molecular flexibility index (Phi) is 8.58. The van der Waals surface area contributed by atoms with Crippen molar-refractivity contribution in [1.29, 1.82) is 0 Å². The van der Waals surface area contributed by atoms with Crippen molar-refractivity contribution in [3.8, 4) is 0 Å². The number of ether oxygens (including phenoxy) is 1. The highest BCUT2D eigenvalue weighted by Crippen LogP contribution is 2.46. The lowest BCUT2D eigenvalue weighted by Crippen LogP contribution is -2.34. The van der Waals surface area contributed by atoms with Crippen LogP contribution in [0.4, 0.5) is 17.1 Å². The van der Waals surface area contributed by atoms with Gasteiger partial charge in [0.05, 0.1) is 23.7 Å². The third kappa shape index (κ3) is 5.78. The fraction of sp³-hybridized carbons (Fsp3) is 0.650. The predicted molar refractivity (Wildman–Crippen MR) is 125 cm³/mol. The zero-order valence-electron chi connectivity index (χ0n) is 18.9. The molecule has 8 nitrogen and oxygen atoms in total. The van der Waals surface area contributed by atoms with Gasteiger partial charge in [-0.05, 0) is 50.8 Å². The fourth-order valence-corrected chi connectivity index (χ4v) is 4.24. The minimum atomic E-state index is -3.95. The summed E-state index contributed by atoms with van der Waals surface area (Å²) in [5.41, 5.74) is 3.86. The maximum absolute atomic E-state index is 12.8. The quantitative estimate of drug-likeness (QED) is 0.538. The Bertz CT molecular complexity index is 897. The molecule has 0 radical (unpaired) electrons. The zero-order chi connectivity index (χ0) is 22.1.